The molecule has 1 aliphatic heterocycles. The van der Waals surface area contributed by atoms with Crippen molar-refractivity contribution in [3.8, 4) is 5.88 Å². The molecule has 0 bridgehead atoms. The summed E-state index contributed by atoms with van der Waals surface area (Å²) in [4.78, 5) is 8.90. The molecule has 0 amide bonds. The summed E-state index contributed by atoms with van der Waals surface area (Å²) >= 11 is 0. The lowest BCUT2D eigenvalue weighted by Crippen LogP contribution is -2.47. The first-order chi connectivity index (χ1) is 16.0. The average Bonchev–Trinajstić information content (AvgIpc) is 2.84. The highest BCUT2D eigenvalue weighted by atomic mass is 19.1. The lowest BCUT2D eigenvalue weighted by molar-refractivity contribution is -0.0156. The van der Waals surface area contributed by atoms with Crippen LogP contribution in [0.5, 0.6) is 5.88 Å². The van der Waals surface area contributed by atoms with Crippen molar-refractivity contribution in [3.63, 3.8) is 0 Å². The highest BCUT2D eigenvalue weighted by Gasteiger charge is 2.26. The maximum absolute atomic E-state index is 13.7. The maximum atomic E-state index is 13.7. The molecule has 3 atom stereocenters. The van der Waals surface area contributed by atoms with E-state index in [0.29, 0.717) is 25.5 Å². The number of pyridine rings is 2. The number of fused-ring (bicyclic) bond motifs is 1. The third kappa shape index (κ3) is 5.90. The van der Waals surface area contributed by atoms with Gasteiger partial charge in [-0.15, -0.1) is 0 Å². The minimum atomic E-state index is -0.457. The zero-order chi connectivity index (χ0) is 23.2. The Morgan fingerprint density at radius 1 is 1.24 bits per heavy atom. The smallest absolute Gasteiger partial charge is 0.213 e. The fourth-order valence-corrected chi connectivity index (χ4v) is 4.06. The summed E-state index contributed by atoms with van der Waals surface area (Å²) in [6, 6.07) is 9.05. The predicted molar refractivity (Wildman–Crippen MR) is 124 cm³/mol. The summed E-state index contributed by atoms with van der Waals surface area (Å²) in [7, 11) is 1.59. The monoisotopic (exact) mass is 454 g/mol. The van der Waals surface area contributed by atoms with Crippen LogP contribution in [0.25, 0.3) is 17.1 Å². The number of methoxy groups -OCH3 is 1. The molecule has 1 fully saturated rings. The summed E-state index contributed by atoms with van der Waals surface area (Å²) in [5.41, 5.74) is 9.35. The highest BCUT2D eigenvalue weighted by Crippen LogP contribution is 2.23. The van der Waals surface area contributed by atoms with Crippen molar-refractivity contribution in [2.24, 2.45) is 5.73 Å². The van der Waals surface area contributed by atoms with Crippen molar-refractivity contribution in [2.45, 2.75) is 37.5 Å². The number of nitrogens with two attached hydrogens (primary N) is 1. The van der Waals surface area contributed by atoms with E-state index in [1.54, 1.807) is 31.5 Å². The SMILES string of the molecule is COc1ccc2nccc(C[C@@H](N)[C@@H]3CC[C@@H](NCC=Cc4cc(F)ccc4F)CO3)c2n1. The molecule has 4 rings (SSSR count). The summed E-state index contributed by atoms with van der Waals surface area (Å²) in [6.45, 7) is 1.08. The van der Waals surface area contributed by atoms with Crippen molar-refractivity contribution in [2.75, 3.05) is 20.3 Å². The number of nitrogens with zero attached hydrogens (tertiary/aromatic N) is 2. The van der Waals surface area contributed by atoms with Crippen molar-refractivity contribution in [1.29, 1.82) is 0 Å². The molecule has 1 aromatic carbocycles. The van der Waals surface area contributed by atoms with E-state index in [1.165, 1.54) is 6.07 Å². The molecular formula is C25H28F2N4O2. The number of rotatable bonds is 8. The second-order valence-corrected chi connectivity index (χ2v) is 8.18. The Morgan fingerprint density at radius 2 is 2.12 bits per heavy atom. The van der Waals surface area contributed by atoms with Crippen LogP contribution in [-0.2, 0) is 11.2 Å². The van der Waals surface area contributed by atoms with E-state index in [4.69, 9.17) is 15.2 Å². The van der Waals surface area contributed by atoms with Crippen LogP contribution in [0.1, 0.15) is 24.0 Å². The van der Waals surface area contributed by atoms with Crippen molar-refractivity contribution in [1.82, 2.24) is 15.3 Å². The molecule has 0 aliphatic carbocycles. The average molecular weight is 455 g/mol. The van der Waals surface area contributed by atoms with Gasteiger partial charge < -0.3 is 20.5 Å². The number of ether oxygens (including phenoxy) is 2. The van der Waals surface area contributed by atoms with E-state index in [-0.39, 0.29) is 23.8 Å². The lowest BCUT2D eigenvalue weighted by atomic mass is 9.95. The molecule has 1 saturated heterocycles. The van der Waals surface area contributed by atoms with E-state index in [2.05, 4.69) is 15.3 Å². The number of hydrogen-bond acceptors (Lipinski definition) is 6. The molecule has 8 heteroatoms. The Labute approximate surface area is 191 Å². The molecule has 0 spiro atoms. The molecule has 3 N–H and O–H groups in total. The van der Waals surface area contributed by atoms with Crippen LogP contribution < -0.4 is 15.8 Å². The Morgan fingerprint density at radius 3 is 2.91 bits per heavy atom. The normalized spacial score (nSPS) is 19.8. The van der Waals surface area contributed by atoms with Crippen LogP contribution in [0.2, 0.25) is 0 Å². The van der Waals surface area contributed by atoms with Crippen LogP contribution in [0.15, 0.2) is 48.7 Å². The summed E-state index contributed by atoms with van der Waals surface area (Å²) in [5.74, 6) is -0.356. The molecule has 6 nitrogen and oxygen atoms in total. The molecule has 174 valence electrons. The van der Waals surface area contributed by atoms with Gasteiger partial charge in [-0.2, -0.15) is 0 Å². The second kappa shape index (κ2) is 10.8. The van der Waals surface area contributed by atoms with Gasteiger partial charge in [-0.25, -0.2) is 13.8 Å². The van der Waals surface area contributed by atoms with Gasteiger partial charge >= 0.3 is 0 Å². The molecule has 2 aromatic heterocycles. The van der Waals surface area contributed by atoms with Crippen LogP contribution >= 0.6 is 0 Å². The van der Waals surface area contributed by atoms with E-state index < -0.39 is 11.6 Å². The molecule has 3 heterocycles. The van der Waals surface area contributed by atoms with Gasteiger partial charge in [0.15, 0.2) is 0 Å². The number of aromatic nitrogens is 2. The van der Waals surface area contributed by atoms with E-state index in [9.17, 15) is 8.78 Å². The lowest BCUT2D eigenvalue weighted by Gasteiger charge is -2.33. The van der Waals surface area contributed by atoms with E-state index in [1.807, 2.05) is 12.1 Å². The molecule has 0 unspecified atom stereocenters. The predicted octanol–water partition coefficient (Wildman–Crippen LogP) is 3.64. The van der Waals surface area contributed by atoms with Crippen molar-refractivity contribution in [3.05, 3.63) is 71.4 Å². The first-order valence-electron chi connectivity index (χ1n) is 11.0. The molecule has 3 aromatic rings. The standard InChI is InChI=1S/C25H28F2N4O2/c1-32-24-9-7-22-25(31-24)17(10-12-30-22)14-21(28)23-8-5-19(15-33-23)29-11-2-3-16-13-18(26)4-6-20(16)27/h2-4,6-7,9-10,12-13,19,21,23,29H,5,8,11,14-15,28H2,1H3/t19-,21-,23+/m1/s1. The molecule has 0 saturated carbocycles. The van der Waals surface area contributed by atoms with Crippen molar-refractivity contribution >= 4 is 17.1 Å². The second-order valence-electron chi connectivity index (χ2n) is 8.18. The van der Waals surface area contributed by atoms with E-state index in [0.717, 1.165) is 41.6 Å². The van der Waals surface area contributed by atoms with Crippen molar-refractivity contribution < 1.29 is 18.3 Å². The van der Waals surface area contributed by atoms with E-state index >= 15 is 0 Å². The van der Waals surface area contributed by atoms with Gasteiger partial charge in [-0.05, 0) is 55.2 Å². The summed E-state index contributed by atoms with van der Waals surface area (Å²) in [6.07, 6.45) is 7.47. The zero-order valence-electron chi connectivity index (χ0n) is 18.5. The minimum Gasteiger partial charge on any atom is -0.481 e. The minimum absolute atomic E-state index is 0.0474. The third-order valence-corrected chi connectivity index (χ3v) is 5.88. The third-order valence-electron chi connectivity index (χ3n) is 5.88. The first kappa shape index (κ1) is 23.2. The fourth-order valence-electron chi connectivity index (χ4n) is 4.06. The number of benzene rings is 1. The van der Waals surface area contributed by atoms with Gasteiger partial charge in [0.25, 0.3) is 0 Å². The Hall–Kier alpha value is -2.94. The molecular weight excluding hydrogens is 426 g/mol. The molecule has 33 heavy (non-hydrogen) atoms. The number of halogens is 2. The van der Waals surface area contributed by atoms with Crippen LogP contribution in [0.3, 0.4) is 0 Å². The number of hydrogen-bond donors (Lipinski definition) is 2. The zero-order valence-corrected chi connectivity index (χ0v) is 18.5. The summed E-state index contributed by atoms with van der Waals surface area (Å²) in [5, 5.41) is 3.37. The molecule has 1 aliphatic rings. The summed E-state index contributed by atoms with van der Waals surface area (Å²) < 4.78 is 38.2. The van der Waals surface area contributed by atoms with Gasteiger partial charge in [0, 0.05) is 36.5 Å². The largest absolute Gasteiger partial charge is 0.481 e. The van der Waals surface area contributed by atoms with Crippen LogP contribution in [-0.4, -0.2) is 48.4 Å². The highest BCUT2D eigenvalue weighted by molar-refractivity contribution is 5.78. The van der Waals surface area contributed by atoms with Crippen LogP contribution in [0.4, 0.5) is 8.78 Å². The Bertz CT molecular complexity index is 1120. The van der Waals surface area contributed by atoms with Gasteiger partial charge in [0.05, 0.1) is 30.9 Å². The first-order valence-corrected chi connectivity index (χ1v) is 11.0. The Balaban J connectivity index is 1.27. The van der Waals surface area contributed by atoms with Gasteiger partial charge in [-0.3, -0.25) is 4.98 Å². The fraction of sp³-hybridized carbons (Fsp3) is 0.360. The van der Waals surface area contributed by atoms with Gasteiger partial charge in [0.2, 0.25) is 5.88 Å². The van der Waals surface area contributed by atoms with Gasteiger partial charge in [-0.1, -0.05) is 12.2 Å². The quantitative estimate of drug-likeness (QED) is 0.541. The van der Waals surface area contributed by atoms with Crippen LogP contribution in [0, 0.1) is 11.6 Å². The topological polar surface area (TPSA) is 82.3 Å². The van der Waals surface area contributed by atoms with Gasteiger partial charge in [0.1, 0.15) is 11.6 Å². The molecule has 0 radical (unpaired) electrons. The maximum Gasteiger partial charge on any atom is 0.213 e. The number of nitrogens with one attached hydrogen (secondary N) is 1. The Kier molecular flexibility index (Phi) is 7.59.